The van der Waals surface area contributed by atoms with Crippen molar-refractivity contribution in [3.63, 3.8) is 0 Å². The van der Waals surface area contributed by atoms with Crippen LogP contribution < -0.4 is 0 Å². The van der Waals surface area contributed by atoms with Crippen molar-refractivity contribution < 1.29 is 9.90 Å². The van der Waals surface area contributed by atoms with Gasteiger partial charge in [0.2, 0.25) is 0 Å². The number of Topliss-reactive ketones (excluding diaryl/α,β-unsaturated/α-hetero) is 1. The lowest BCUT2D eigenvalue weighted by Crippen LogP contribution is -2.44. The van der Waals surface area contributed by atoms with Crippen LogP contribution in [0.15, 0.2) is 37.4 Å². The van der Waals surface area contributed by atoms with E-state index in [2.05, 4.69) is 18.1 Å². The second-order valence-corrected chi connectivity index (χ2v) is 5.02. The van der Waals surface area contributed by atoms with Gasteiger partial charge in [0.1, 0.15) is 11.5 Å². The molecule has 1 saturated carbocycles. The number of hydrogen-bond acceptors (Lipinski definition) is 3. The van der Waals surface area contributed by atoms with Crippen molar-refractivity contribution >= 4 is 5.78 Å². The fourth-order valence-corrected chi connectivity index (χ4v) is 2.73. The highest BCUT2D eigenvalue weighted by Crippen LogP contribution is 2.40. The number of carbonyl (C=O) groups is 1. The van der Waals surface area contributed by atoms with Crippen molar-refractivity contribution in [2.24, 2.45) is 0 Å². The molecule has 0 bridgehead atoms. The summed E-state index contributed by atoms with van der Waals surface area (Å²) >= 11 is 0. The van der Waals surface area contributed by atoms with Gasteiger partial charge in [-0.1, -0.05) is 12.1 Å². The molecule has 1 aromatic rings. The number of aromatic hydroxyl groups is 1. The quantitative estimate of drug-likeness (QED) is 0.832. The Hall–Kier alpha value is -1.61. The first kappa shape index (κ1) is 15.4. The van der Waals surface area contributed by atoms with E-state index in [9.17, 15) is 9.90 Å². The molecular formula is C16H23NO2. The Bertz CT molecular complexity index is 430. The Morgan fingerprint density at radius 1 is 1.21 bits per heavy atom. The van der Waals surface area contributed by atoms with Gasteiger partial charge in [0.15, 0.2) is 0 Å². The van der Waals surface area contributed by atoms with Gasteiger partial charge in [-0.15, -0.1) is 13.2 Å². The summed E-state index contributed by atoms with van der Waals surface area (Å²) in [5, 5.41) is 9.61. The van der Waals surface area contributed by atoms with E-state index in [0.29, 0.717) is 24.4 Å². The maximum Gasteiger partial charge on any atom is 0.133 e. The van der Waals surface area contributed by atoms with Gasteiger partial charge in [0.05, 0.1) is 0 Å². The van der Waals surface area contributed by atoms with E-state index in [4.69, 9.17) is 0 Å². The summed E-state index contributed by atoms with van der Waals surface area (Å²) in [5.74, 6) is 0.642. The van der Waals surface area contributed by atoms with Crippen molar-refractivity contribution in [2.75, 3.05) is 14.1 Å². The van der Waals surface area contributed by atoms with Crippen molar-refractivity contribution in [2.45, 2.75) is 31.2 Å². The predicted molar refractivity (Wildman–Crippen MR) is 78.2 cm³/mol. The van der Waals surface area contributed by atoms with Gasteiger partial charge in [-0.3, -0.25) is 9.69 Å². The lowest BCUT2D eigenvalue weighted by Gasteiger charge is -2.43. The van der Waals surface area contributed by atoms with E-state index in [1.54, 1.807) is 6.07 Å². The smallest absolute Gasteiger partial charge is 0.133 e. The van der Waals surface area contributed by atoms with Crippen molar-refractivity contribution in [1.82, 2.24) is 4.90 Å². The van der Waals surface area contributed by atoms with Crippen LogP contribution in [0.4, 0.5) is 0 Å². The molecule has 1 aromatic carbocycles. The van der Waals surface area contributed by atoms with Gasteiger partial charge in [-0.05, 0) is 44.6 Å². The van der Waals surface area contributed by atoms with Crippen LogP contribution in [0.1, 0.15) is 31.2 Å². The maximum atomic E-state index is 11.4. The van der Waals surface area contributed by atoms with Gasteiger partial charge < -0.3 is 5.11 Å². The zero-order chi connectivity index (χ0) is 14.5. The Morgan fingerprint density at radius 3 is 2.26 bits per heavy atom. The molecule has 0 aliphatic heterocycles. The molecule has 0 unspecified atom stereocenters. The van der Waals surface area contributed by atoms with E-state index in [1.165, 1.54) is 0 Å². The molecule has 0 saturated heterocycles. The van der Waals surface area contributed by atoms with E-state index >= 15 is 0 Å². The summed E-state index contributed by atoms with van der Waals surface area (Å²) in [6.07, 6.45) is 2.94. The third-order valence-corrected chi connectivity index (χ3v) is 3.87. The van der Waals surface area contributed by atoms with Crippen LogP contribution in [0.25, 0.3) is 0 Å². The Labute approximate surface area is 115 Å². The molecule has 19 heavy (non-hydrogen) atoms. The molecule has 0 amide bonds. The van der Waals surface area contributed by atoms with Gasteiger partial charge in [-0.2, -0.15) is 0 Å². The number of phenols is 1. The van der Waals surface area contributed by atoms with E-state index in [-0.39, 0.29) is 5.54 Å². The monoisotopic (exact) mass is 261 g/mol. The van der Waals surface area contributed by atoms with Crippen molar-refractivity contribution in [3.05, 3.63) is 43.0 Å². The average molecular weight is 261 g/mol. The molecule has 104 valence electrons. The second kappa shape index (κ2) is 6.53. The van der Waals surface area contributed by atoms with Crippen LogP contribution in [0.3, 0.4) is 0 Å². The number of rotatable bonds is 2. The molecule has 0 radical (unpaired) electrons. The molecule has 3 heteroatoms. The highest BCUT2D eigenvalue weighted by molar-refractivity contribution is 5.79. The molecule has 1 N–H and O–H groups in total. The van der Waals surface area contributed by atoms with Crippen molar-refractivity contribution in [3.8, 4) is 5.75 Å². The summed E-state index contributed by atoms with van der Waals surface area (Å²) in [6, 6.07) is 7.40. The predicted octanol–water partition coefficient (Wildman–Crippen LogP) is 3.09. The van der Waals surface area contributed by atoms with E-state index in [0.717, 1.165) is 18.4 Å². The number of hydrogen-bond donors (Lipinski definition) is 1. The van der Waals surface area contributed by atoms with Gasteiger partial charge in [0.25, 0.3) is 0 Å². The molecule has 1 aliphatic rings. The lowest BCUT2D eigenvalue weighted by atomic mass is 9.75. The van der Waals surface area contributed by atoms with Crippen molar-refractivity contribution in [1.29, 1.82) is 0 Å². The van der Waals surface area contributed by atoms with Crippen LogP contribution in [-0.2, 0) is 10.3 Å². The van der Waals surface area contributed by atoms with E-state index in [1.807, 2.05) is 32.3 Å². The van der Waals surface area contributed by atoms with Crippen LogP contribution in [-0.4, -0.2) is 29.9 Å². The number of nitrogens with zero attached hydrogens (tertiary/aromatic N) is 1. The zero-order valence-corrected chi connectivity index (χ0v) is 11.9. The lowest BCUT2D eigenvalue weighted by molar-refractivity contribution is -0.122. The topological polar surface area (TPSA) is 40.5 Å². The summed E-state index contributed by atoms with van der Waals surface area (Å²) in [4.78, 5) is 13.6. The molecule has 1 fully saturated rings. The minimum Gasteiger partial charge on any atom is -0.508 e. The molecule has 0 spiro atoms. The van der Waals surface area contributed by atoms with Gasteiger partial charge in [0, 0.05) is 18.4 Å². The summed E-state index contributed by atoms with van der Waals surface area (Å²) in [7, 11) is 4.08. The summed E-state index contributed by atoms with van der Waals surface area (Å²) in [6.45, 7) is 6.00. The van der Waals surface area contributed by atoms with Gasteiger partial charge in [-0.25, -0.2) is 0 Å². The number of phenolic OH excluding ortho intramolecular Hbond substituents is 1. The average Bonchev–Trinajstić information content (AvgIpc) is 2.42. The van der Waals surface area contributed by atoms with Crippen LogP contribution in [0.5, 0.6) is 5.75 Å². The molecule has 2 rings (SSSR count). The minimum absolute atomic E-state index is 0.105. The van der Waals surface area contributed by atoms with Crippen LogP contribution in [0, 0.1) is 0 Å². The molecular weight excluding hydrogens is 238 g/mol. The first-order chi connectivity index (χ1) is 9.04. The highest BCUT2D eigenvalue weighted by Gasteiger charge is 2.38. The SMILES string of the molecule is C=C.CN(C)C1(c2cccc(O)c2)CCC(=O)CC1. The first-order valence-electron chi connectivity index (χ1n) is 6.53. The van der Waals surface area contributed by atoms with Crippen LogP contribution in [0.2, 0.25) is 0 Å². The third kappa shape index (κ3) is 3.24. The normalized spacial score (nSPS) is 17.7. The number of carbonyl (C=O) groups excluding carboxylic acids is 1. The fourth-order valence-electron chi connectivity index (χ4n) is 2.73. The Balaban J connectivity index is 0.000000861. The summed E-state index contributed by atoms with van der Waals surface area (Å²) < 4.78 is 0. The molecule has 3 nitrogen and oxygen atoms in total. The second-order valence-electron chi connectivity index (χ2n) is 5.02. The summed E-state index contributed by atoms with van der Waals surface area (Å²) in [5.41, 5.74) is 1.00. The van der Waals surface area contributed by atoms with Crippen LogP contribution >= 0.6 is 0 Å². The molecule has 1 aliphatic carbocycles. The number of ketones is 1. The Morgan fingerprint density at radius 2 is 1.79 bits per heavy atom. The van der Waals surface area contributed by atoms with Gasteiger partial charge >= 0.3 is 0 Å². The van der Waals surface area contributed by atoms with E-state index < -0.39 is 0 Å². The zero-order valence-electron chi connectivity index (χ0n) is 11.9. The number of benzene rings is 1. The Kier molecular flexibility index (Phi) is 5.31. The molecule has 0 atom stereocenters. The molecule has 0 aromatic heterocycles. The minimum atomic E-state index is -0.105. The largest absolute Gasteiger partial charge is 0.508 e. The molecule has 0 heterocycles. The fraction of sp³-hybridized carbons (Fsp3) is 0.438. The maximum absolute atomic E-state index is 11.4. The highest BCUT2D eigenvalue weighted by atomic mass is 16.3. The standard InChI is InChI=1S/C14H19NO2.C2H4/c1-15(2)14(8-6-12(16)7-9-14)11-4-3-5-13(17)10-11;1-2/h3-5,10,17H,6-9H2,1-2H3;1-2H2. The third-order valence-electron chi connectivity index (χ3n) is 3.87. The first-order valence-corrected chi connectivity index (χ1v) is 6.53.